The lowest BCUT2D eigenvalue weighted by Crippen LogP contribution is -2.57. The van der Waals surface area contributed by atoms with Crippen molar-refractivity contribution >= 4 is 35.0 Å². The zero-order valence-corrected chi connectivity index (χ0v) is 25.0. The minimum Gasteiger partial charge on any atom is -0.394 e. The molecule has 8 nitrogen and oxygen atoms in total. The third kappa shape index (κ3) is 5.01. The van der Waals surface area contributed by atoms with Crippen LogP contribution >= 0.6 is 11.6 Å². The summed E-state index contributed by atoms with van der Waals surface area (Å²) in [5, 5.41) is 17.2. The summed E-state index contributed by atoms with van der Waals surface area (Å²) in [5.74, 6) is -2.83. The maximum absolute atomic E-state index is 14.6. The Bertz CT molecular complexity index is 1500. The van der Waals surface area contributed by atoms with Gasteiger partial charge in [0.1, 0.15) is 11.6 Å². The van der Waals surface area contributed by atoms with Crippen LogP contribution in [0.25, 0.3) is 0 Å². The minimum absolute atomic E-state index is 0.100. The number of aliphatic hydroxyl groups is 1. The highest BCUT2D eigenvalue weighted by molar-refractivity contribution is 6.30. The standard InChI is InChI=1S/C34H36ClN3O5/c1-21-18-34-28(27(33(21,2)43-34)30(40)36-19-23-11-7-4-8-12-23)32(42)38(26(20-39)17-22-9-5-3-6-10-22)29(34)31(41)37-25-15-13-24(35)14-16-25/h3-16,21,26-29,39H,17-20H2,1-2H3,(H,36,40)(H,37,41)/t21?,26-,27-,28+,29?,33+,34?/m1/s1. The zero-order chi connectivity index (χ0) is 30.4. The first-order chi connectivity index (χ1) is 20.7. The normalized spacial score (nSPS) is 29.8. The lowest BCUT2D eigenvalue weighted by Gasteiger charge is -2.37. The van der Waals surface area contributed by atoms with Crippen LogP contribution in [0.3, 0.4) is 0 Å². The summed E-state index contributed by atoms with van der Waals surface area (Å²) < 4.78 is 6.82. The number of rotatable bonds is 9. The summed E-state index contributed by atoms with van der Waals surface area (Å²) in [6, 6.07) is 24.1. The Hall–Kier alpha value is -3.72. The summed E-state index contributed by atoms with van der Waals surface area (Å²) in [7, 11) is 0. The lowest BCUT2D eigenvalue weighted by atomic mass is 9.62. The van der Waals surface area contributed by atoms with Crippen LogP contribution < -0.4 is 10.6 Å². The molecule has 6 rings (SSSR count). The van der Waals surface area contributed by atoms with E-state index in [2.05, 4.69) is 10.6 Å². The van der Waals surface area contributed by atoms with E-state index in [1.165, 1.54) is 4.90 Å². The van der Waals surface area contributed by atoms with E-state index in [0.29, 0.717) is 30.1 Å². The Morgan fingerprint density at radius 3 is 2.26 bits per heavy atom. The number of carbonyl (C=O) groups is 3. The van der Waals surface area contributed by atoms with Gasteiger partial charge < -0.3 is 25.4 Å². The molecule has 0 aliphatic carbocycles. The van der Waals surface area contributed by atoms with Crippen molar-refractivity contribution in [2.75, 3.05) is 11.9 Å². The molecule has 3 aliphatic rings. The van der Waals surface area contributed by atoms with E-state index in [9.17, 15) is 19.5 Å². The highest BCUT2D eigenvalue weighted by Gasteiger charge is 2.80. The van der Waals surface area contributed by atoms with Gasteiger partial charge in [-0.3, -0.25) is 14.4 Å². The number of benzene rings is 3. The van der Waals surface area contributed by atoms with E-state index in [0.717, 1.165) is 11.1 Å². The third-order valence-electron chi connectivity index (χ3n) is 9.62. The summed E-state index contributed by atoms with van der Waals surface area (Å²) in [4.78, 5) is 44.3. The predicted octanol–water partition coefficient (Wildman–Crippen LogP) is 4.21. The number of likely N-dealkylation sites (tertiary alicyclic amines) is 1. The molecule has 9 heteroatoms. The second-order valence-electron chi connectivity index (χ2n) is 12.2. The van der Waals surface area contributed by atoms with E-state index in [4.69, 9.17) is 16.3 Å². The molecule has 0 radical (unpaired) electrons. The molecule has 2 bridgehead atoms. The summed E-state index contributed by atoms with van der Waals surface area (Å²) in [5.41, 5.74) is 0.203. The Morgan fingerprint density at radius 2 is 1.63 bits per heavy atom. The number of anilines is 1. The first kappa shape index (κ1) is 29.4. The van der Waals surface area contributed by atoms with Gasteiger partial charge in [-0.2, -0.15) is 0 Å². The molecule has 3 fully saturated rings. The fraction of sp³-hybridized carbons (Fsp3) is 0.382. The third-order valence-corrected chi connectivity index (χ3v) is 9.87. The monoisotopic (exact) mass is 601 g/mol. The Balaban J connectivity index is 1.38. The highest BCUT2D eigenvalue weighted by atomic mass is 35.5. The number of hydrogen-bond acceptors (Lipinski definition) is 5. The average Bonchev–Trinajstić information content (AvgIpc) is 3.53. The molecule has 3 aliphatic heterocycles. The average molecular weight is 602 g/mol. The van der Waals surface area contributed by atoms with Crippen molar-refractivity contribution in [1.82, 2.24) is 10.2 Å². The van der Waals surface area contributed by atoms with Gasteiger partial charge in [0.2, 0.25) is 17.7 Å². The van der Waals surface area contributed by atoms with Gasteiger partial charge in [-0.1, -0.05) is 79.2 Å². The molecule has 0 saturated carbocycles. The van der Waals surface area contributed by atoms with Crippen LogP contribution in [0.4, 0.5) is 5.69 Å². The number of amides is 3. The maximum Gasteiger partial charge on any atom is 0.250 e. The molecule has 3 aromatic rings. The van der Waals surface area contributed by atoms with E-state index in [-0.39, 0.29) is 24.3 Å². The van der Waals surface area contributed by atoms with Gasteiger partial charge in [0, 0.05) is 17.3 Å². The molecule has 3 unspecified atom stereocenters. The van der Waals surface area contributed by atoms with Crippen LogP contribution in [0.1, 0.15) is 31.4 Å². The van der Waals surface area contributed by atoms with Crippen molar-refractivity contribution in [3.63, 3.8) is 0 Å². The topological polar surface area (TPSA) is 108 Å². The molecule has 3 amide bonds. The highest BCUT2D eigenvalue weighted by Crippen LogP contribution is 2.65. The number of ether oxygens (including phenoxy) is 1. The summed E-state index contributed by atoms with van der Waals surface area (Å²) in [6.07, 6.45) is 0.773. The molecule has 0 aromatic heterocycles. The number of hydrogen-bond donors (Lipinski definition) is 3. The predicted molar refractivity (Wildman–Crippen MR) is 163 cm³/mol. The van der Waals surface area contributed by atoms with E-state index >= 15 is 0 Å². The fourth-order valence-corrected chi connectivity index (χ4v) is 7.67. The molecule has 1 spiro atoms. The molecule has 3 aromatic carbocycles. The summed E-state index contributed by atoms with van der Waals surface area (Å²) >= 11 is 6.07. The number of nitrogens with zero attached hydrogens (tertiary/aromatic N) is 1. The molecule has 3 saturated heterocycles. The van der Waals surface area contributed by atoms with Crippen molar-refractivity contribution in [1.29, 1.82) is 0 Å². The van der Waals surface area contributed by atoms with Gasteiger partial charge in [0.25, 0.3) is 0 Å². The molecule has 3 N–H and O–H groups in total. The van der Waals surface area contributed by atoms with Gasteiger partial charge >= 0.3 is 0 Å². The van der Waals surface area contributed by atoms with Crippen molar-refractivity contribution in [3.8, 4) is 0 Å². The molecule has 3 heterocycles. The van der Waals surface area contributed by atoms with Crippen molar-refractivity contribution in [3.05, 3.63) is 101 Å². The number of aliphatic hydroxyl groups excluding tert-OH is 1. The van der Waals surface area contributed by atoms with Crippen LogP contribution in [-0.4, -0.2) is 57.6 Å². The van der Waals surface area contributed by atoms with Crippen molar-refractivity contribution in [2.24, 2.45) is 17.8 Å². The van der Waals surface area contributed by atoms with Crippen LogP contribution in [0.5, 0.6) is 0 Å². The summed E-state index contributed by atoms with van der Waals surface area (Å²) in [6.45, 7) is 3.85. The Kier molecular flexibility index (Phi) is 7.79. The number of carbonyl (C=O) groups excluding carboxylic acids is 3. The number of nitrogens with one attached hydrogen (secondary N) is 2. The largest absolute Gasteiger partial charge is 0.394 e. The number of fused-ring (bicyclic) bond motifs is 1. The van der Waals surface area contributed by atoms with Gasteiger partial charge in [-0.15, -0.1) is 0 Å². The molecular weight excluding hydrogens is 566 g/mol. The zero-order valence-electron chi connectivity index (χ0n) is 24.2. The van der Waals surface area contributed by atoms with Crippen molar-refractivity contribution < 1.29 is 24.2 Å². The quantitative estimate of drug-likeness (QED) is 0.341. The molecule has 43 heavy (non-hydrogen) atoms. The van der Waals surface area contributed by atoms with Crippen LogP contribution in [0.15, 0.2) is 84.9 Å². The minimum atomic E-state index is -1.24. The van der Waals surface area contributed by atoms with Crippen LogP contribution in [-0.2, 0) is 32.1 Å². The van der Waals surface area contributed by atoms with Crippen LogP contribution in [0, 0.1) is 17.8 Å². The Labute approximate surface area is 256 Å². The Morgan fingerprint density at radius 1 is 1.00 bits per heavy atom. The van der Waals surface area contributed by atoms with Gasteiger partial charge in [-0.05, 0) is 61.1 Å². The molecule has 224 valence electrons. The SMILES string of the molecule is CC1CC23O[C@]1(C)[C@@H](C(=O)NCc1ccccc1)[C@H]2C(=O)N([C@@H](CO)Cc1ccccc1)C3C(=O)Nc1ccc(Cl)cc1. The van der Waals surface area contributed by atoms with Gasteiger partial charge in [0.05, 0.1) is 30.1 Å². The molecular formula is C34H36ClN3O5. The molecule has 7 atom stereocenters. The van der Waals surface area contributed by atoms with Crippen molar-refractivity contribution in [2.45, 2.75) is 56.5 Å². The number of halogens is 1. The second kappa shape index (κ2) is 11.4. The smallest absolute Gasteiger partial charge is 0.250 e. The fourth-order valence-electron chi connectivity index (χ4n) is 7.55. The lowest BCUT2D eigenvalue weighted by molar-refractivity contribution is -0.149. The van der Waals surface area contributed by atoms with Gasteiger partial charge in [0.15, 0.2) is 0 Å². The van der Waals surface area contributed by atoms with E-state index < -0.39 is 41.0 Å². The van der Waals surface area contributed by atoms with Gasteiger partial charge in [-0.25, -0.2) is 0 Å². The first-order valence-corrected chi connectivity index (χ1v) is 15.1. The van der Waals surface area contributed by atoms with E-state index in [1.807, 2.05) is 74.5 Å². The van der Waals surface area contributed by atoms with Crippen LogP contribution in [0.2, 0.25) is 5.02 Å². The van der Waals surface area contributed by atoms with E-state index in [1.54, 1.807) is 24.3 Å². The maximum atomic E-state index is 14.6. The first-order valence-electron chi connectivity index (χ1n) is 14.7. The second-order valence-corrected chi connectivity index (χ2v) is 12.6.